The predicted molar refractivity (Wildman–Crippen MR) is 123 cm³/mol. The minimum atomic E-state index is -0.454. The third kappa shape index (κ3) is 4.31. The number of carbonyl (C=O) groups is 3. The average Bonchev–Trinajstić information content (AvgIpc) is 2.90. The number of thioether (sulfide) groups is 1. The lowest BCUT2D eigenvalue weighted by molar-refractivity contribution is -0.122. The third-order valence-electron chi connectivity index (χ3n) is 5.07. The maximum Gasteiger partial charge on any atom is 0.293 e. The van der Waals surface area contributed by atoms with Crippen molar-refractivity contribution < 1.29 is 14.4 Å². The first-order valence-electron chi connectivity index (χ1n) is 9.45. The number of imide groups is 1. The summed E-state index contributed by atoms with van der Waals surface area (Å²) < 4.78 is 0.850. The monoisotopic (exact) mass is 501 g/mol. The zero-order valence-corrected chi connectivity index (χ0v) is 19.0. The lowest BCUT2D eigenvalue weighted by atomic mass is 10.0. The molecule has 4 rings (SSSR count). The highest BCUT2D eigenvalue weighted by atomic mass is 79.9. The molecule has 2 aliphatic rings. The Balaban J connectivity index is 1.57. The summed E-state index contributed by atoms with van der Waals surface area (Å²) in [7, 11) is 0. The minimum Gasteiger partial charge on any atom is -0.292 e. The van der Waals surface area contributed by atoms with Crippen molar-refractivity contribution in [2.24, 2.45) is 0 Å². The van der Waals surface area contributed by atoms with Gasteiger partial charge in [-0.2, -0.15) is 0 Å². The van der Waals surface area contributed by atoms with Crippen molar-refractivity contribution in [3.8, 4) is 0 Å². The number of Topliss-reactive ketones (excluding diaryl/α,β-unsaturated/α-hetero) is 1. The number of ketones is 1. The lowest BCUT2D eigenvalue weighted by Crippen LogP contribution is -2.33. The summed E-state index contributed by atoms with van der Waals surface area (Å²) in [5.74, 6) is -0.739. The first-order valence-corrected chi connectivity index (χ1v) is 11.4. The maximum absolute atomic E-state index is 12.8. The molecule has 2 aromatic carbocycles. The van der Waals surface area contributed by atoms with Crippen molar-refractivity contribution in [1.29, 1.82) is 0 Å². The molecule has 2 amide bonds. The van der Waals surface area contributed by atoms with Crippen LogP contribution >= 0.6 is 39.3 Å². The van der Waals surface area contributed by atoms with Crippen molar-refractivity contribution in [3.05, 3.63) is 86.2 Å². The predicted octanol–water partition coefficient (Wildman–Crippen LogP) is 6.20. The standard InChI is InChI=1S/C23H17BrClNO3S/c24-17-10-8-15(9-11-17)19(27)13-26-22(28)20(30-23(26)29)12-16-6-3-5-14-4-1-2-7-18(14)21(16)25/h1-2,4,7-12H,3,5-6,13H2/b20-12-. The van der Waals surface area contributed by atoms with Gasteiger partial charge in [0.25, 0.3) is 11.1 Å². The number of amides is 2. The van der Waals surface area contributed by atoms with Gasteiger partial charge in [-0.05, 0) is 65.9 Å². The van der Waals surface area contributed by atoms with Gasteiger partial charge in [-0.1, -0.05) is 63.9 Å². The van der Waals surface area contributed by atoms with Crippen LogP contribution in [0.15, 0.2) is 69.6 Å². The lowest BCUT2D eigenvalue weighted by Gasteiger charge is -2.11. The van der Waals surface area contributed by atoms with Crippen LogP contribution in [0.5, 0.6) is 0 Å². The van der Waals surface area contributed by atoms with E-state index in [2.05, 4.69) is 22.0 Å². The molecule has 0 atom stereocenters. The van der Waals surface area contributed by atoms with Crippen LogP contribution < -0.4 is 0 Å². The molecule has 1 saturated heterocycles. The van der Waals surface area contributed by atoms with Crippen molar-refractivity contribution in [3.63, 3.8) is 0 Å². The van der Waals surface area contributed by atoms with Crippen molar-refractivity contribution in [2.75, 3.05) is 6.54 Å². The summed E-state index contributed by atoms with van der Waals surface area (Å²) >= 11 is 10.8. The Hall–Kier alpha value is -2.15. The van der Waals surface area contributed by atoms with Gasteiger partial charge in [0.15, 0.2) is 5.78 Å². The Morgan fingerprint density at radius 1 is 1.10 bits per heavy atom. The van der Waals surface area contributed by atoms with E-state index in [1.165, 1.54) is 5.56 Å². The van der Waals surface area contributed by atoms with E-state index < -0.39 is 11.1 Å². The van der Waals surface area contributed by atoms with Gasteiger partial charge in [0.1, 0.15) is 0 Å². The highest BCUT2D eigenvalue weighted by molar-refractivity contribution is 9.10. The molecule has 4 nitrogen and oxygen atoms in total. The van der Waals surface area contributed by atoms with E-state index in [0.29, 0.717) is 15.5 Å². The second-order valence-electron chi connectivity index (χ2n) is 7.05. The molecule has 30 heavy (non-hydrogen) atoms. The number of hydrogen-bond donors (Lipinski definition) is 0. The van der Waals surface area contributed by atoms with E-state index in [0.717, 1.165) is 51.5 Å². The fourth-order valence-electron chi connectivity index (χ4n) is 3.51. The Bertz CT molecular complexity index is 1110. The van der Waals surface area contributed by atoms with Crippen molar-refractivity contribution in [2.45, 2.75) is 19.3 Å². The van der Waals surface area contributed by atoms with Crippen LogP contribution in [0.1, 0.15) is 34.3 Å². The molecular weight excluding hydrogens is 486 g/mol. The number of carbonyl (C=O) groups excluding carboxylic acids is 3. The van der Waals surface area contributed by atoms with Gasteiger partial charge in [-0.25, -0.2) is 0 Å². The summed E-state index contributed by atoms with van der Waals surface area (Å²) in [6.45, 7) is -0.279. The quantitative estimate of drug-likeness (QED) is 0.369. The molecule has 2 aromatic rings. The number of fused-ring (bicyclic) bond motifs is 1. The zero-order valence-electron chi connectivity index (χ0n) is 15.9. The van der Waals surface area contributed by atoms with Gasteiger partial charge in [0.05, 0.1) is 16.5 Å². The largest absolute Gasteiger partial charge is 0.293 e. The van der Waals surface area contributed by atoms with Gasteiger partial charge >= 0.3 is 0 Å². The van der Waals surface area contributed by atoms with Crippen molar-refractivity contribution >= 4 is 61.3 Å². The van der Waals surface area contributed by atoms with E-state index >= 15 is 0 Å². The number of aryl methyl sites for hydroxylation is 1. The Morgan fingerprint density at radius 2 is 1.83 bits per heavy atom. The molecule has 0 bridgehead atoms. The van der Waals surface area contributed by atoms with E-state index in [-0.39, 0.29) is 12.3 Å². The molecule has 0 unspecified atom stereocenters. The summed E-state index contributed by atoms with van der Waals surface area (Å²) in [4.78, 5) is 39.1. The highest BCUT2D eigenvalue weighted by Gasteiger charge is 2.36. The minimum absolute atomic E-state index is 0.279. The van der Waals surface area contributed by atoms with Crippen LogP contribution in [0, 0.1) is 0 Å². The van der Waals surface area contributed by atoms with Gasteiger partial charge < -0.3 is 0 Å². The van der Waals surface area contributed by atoms with E-state index in [4.69, 9.17) is 11.6 Å². The molecule has 1 aliphatic heterocycles. The third-order valence-corrected chi connectivity index (χ3v) is 6.96. The van der Waals surface area contributed by atoms with Gasteiger partial charge in [-0.3, -0.25) is 19.3 Å². The molecule has 0 N–H and O–H groups in total. The molecule has 152 valence electrons. The van der Waals surface area contributed by atoms with Crippen LogP contribution in [-0.4, -0.2) is 28.4 Å². The van der Waals surface area contributed by atoms with Gasteiger partial charge in [0.2, 0.25) is 0 Å². The highest BCUT2D eigenvalue weighted by Crippen LogP contribution is 2.37. The van der Waals surface area contributed by atoms with Gasteiger partial charge in [0, 0.05) is 10.0 Å². The normalized spacial score (nSPS) is 18.1. The smallest absolute Gasteiger partial charge is 0.292 e. The molecule has 1 aliphatic carbocycles. The van der Waals surface area contributed by atoms with Gasteiger partial charge in [-0.15, -0.1) is 0 Å². The fraction of sp³-hybridized carbons (Fsp3) is 0.174. The van der Waals surface area contributed by atoms with Crippen LogP contribution in [0.25, 0.3) is 5.03 Å². The van der Waals surface area contributed by atoms with Crippen LogP contribution in [0.3, 0.4) is 0 Å². The second kappa shape index (κ2) is 8.92. The summed E-state index contributed by atoms with van der Waals surface area (Å²) in [6.07, 6.45) is 4.24. The van der Waals surface area contributed by atoms with E-state index in [1.807, 2.05) is 18.2 Å². The Labute approximate surface area is 192 Å². The average molecular weight is 503 g/mol. The first-order chi connectivity index (χ1) is 14.4. The summed E-state index contributed by atoms with van der Waals surface area (Å²) in [5.41, 5.74) is 3.44. The molecule has 0 aromatic heterocycles. The first kappa shape index (κ1) is 21.1. The number of allylic oxidation sites excluding steroid dienone is 2. The summed E-state index contributed by atoms with van der Waals surface area (Å²) in [6, 6.07) is 14.8. The number of rotatable bonds is 4. The molecule has 1 fully saturated rings. The van der Waals surface area contributed by atoms with E-state index in [1.54, 1.807) is 30.3 Å². The van der Waals surface area contributed by atoms with Crippen LogP contribution in [0.4, 0.5) is 4.79 Å². The van der Waals surface area contributed by atoms with Crippen molar-refractivity contribution in [1.82, 2.24) is 4.90 Å². The molecule has 0 spiro atoms. The number of nitrogens with zero attached hydrogens (tertiary/aromatic N) is 1. The summed E-state index contributed by atoms with van der Waals surface area (Å²) in [5, 5.41) is 0.170. The fourth-order valence-corrected chi connectivity index (χ4v) is 4.95. The van der Waals surface area contributed by atoms with Crippen LogP contribution in [-0.2, 0) is 11.2 Å². The topological polar surface area (TPSA) is 54.5 Å². The number of hydrogen-bond acceptors (Lipinski definition) is 4. The molecule has 0 saturated carbocycles. The molecular formula is C23H17BrClNO3S. The molecule has 1 heterocycles. The maximum atomic E-state index is 12.8. The SMILES string of the molecule is O=C(CN1C(=O)S/C(=C\C2=C(Cl)c3ccccc3CCC2)C1=O)c1ccc(Br)cc1. The number of benzene rings is 2. The van der Waals surface area contributed by atoms with E-state index in [9.17, 15) is 14.4 Å². The molecule has 0 radical (unpaired) electrons. The second-order valence-corrected chi connectivity index (χ2v) is 9.33. The zero-order chi connectivity index (χ0) is 21.3. The Kier molecular flexibility index (Phi) is 6.27. The van der Waals surface area contributed by atoms with Crippen LogP contribution in [0.2, 0.25) is 0 Å². The Morgan fingerprint density at radius 3 is 2.60 bits per heavy atom. The molecule has 7 heteroatoms. The number of halogens is 2.